The molecule has 4 nitrogen and oxygen atoms in total. The molecular formula is C15H16F3NO3. The summed E-state index contributed by atoms with van der Waals surface area (Å²) in [6, 6.07) is 9.75. The Labute approximate surface area is 125 Å². The molecule has 0 amide bonds. The number of carbonyl (C=O) groups is 2. The van der Waals surface area contributed by atoms with Crippen LogP contribution in [-0.4, -0.2) is 31.2 Å². The minimum absolute atomic E-state index is 0.0616. The minimum Gasteiger partial charge on any atom is -0.386 e. The van der Waals surface area contributed by atoms with Gasteiger partial charge in [0.2, 0.25) is 0 Å². The number of nitrogens with zero attached hydrogens (tertiary/aromatic N) is 1. The van der Waals surface area contributed by atoms with E-state index < -0.39 is 18.1 Å². The summed E-state index contributed by atoms with van der Waals surface area (Å²) in [6.45, 7) is 1.43. The highest BCUT2D eigenvalue weighted by atomic mass is 19.4. The number of benzene rings is 1. The van der Waals surface area contributed by atoms with Crippen LogP contribution in [0.1, 0.15) is 19.3 Å². The van der Waals surface area contributed by atoms with E-state index >= 15 is 0 Å². The van der Waals surface area contributed by atoms with Crippen molar-refractivity contribution in [3.8, 4) is 0 Å². The molecule has 1 fully saturated rings. The molecular weight excluding hydrogens is 299 g/mol. The van der Waals surface area contributed by atoms with Crippen molar-refractivity contribution in [2.24, 2.45) is 5.92 Å². The fraction of sp³-hybridized carbons (Fsp3) is 0.467. The number of carbonyl (C=O) groups excluding carboxylic acids is 2. The van der Waals surface area contributed by atoms with Crippen LogP contribution >= 0.6 is 0 Å². The molecule has 1 aromatic rings. The number of halogens is 3. The first-order valence-electron chi connectivity index (χ1n) is 6.98. The van der Waals surface area contributed by atoms with Crippen LogP contribution in [0.2, 0.25) is 0 Å². The molecule has 0 bridgehead atoms. The average molecular weight is 315 g/mol. The number of hydrogen-bond donors (Lipinski definition) is 0. The van der Waals surface area contributed by atoms with Gasteiger partial charge in [-0.05, 0) is 30.9 Å². The fourth-order valence-corrected chi connectivity index (χ4v) is 2.47. The van der Waals surface area contributed by atoms with Gasteiger partial charge in [0, 0.05) is 25.2 Å². The van der Waals surface area contributed by atoms with Crippen LogP contribution in [0.15, 0.2) is 30.3 Å². The number of anilines is 1. The van der Waals surface area contributed by atoms with Gasteiger partial charge in [-0.25, -0.2) is 4.79 Å². The van der Waals surface area contributed by atoms with Crippen LogP contribution < -0.4 is 4.90 Å². The van der Waals surface area contributed by atoms with Gasteiger partial charge in [-0.15, -0.1) is 0 Å². The molecule has 0 saturated carbocycles. The van der Waals surface area contributed by atoms with Gasteiger partial charge in [0.15, 0.2) is 0 Å². The Bertz CT molecular complexity index is 523. The van der Waals surface area contributed by atoms with Crippen LogP contribution in [0, 0.1) is 5.92 Å². The summed E-state index contributed by atoms with van der Waals surface area (Å²) < 4.78 is 39.8. The molecule has 0 aromatic heterocycles. The summed E-state index contributed by atoms with van der Waals surface area (Å²) >= 11 is 0. The van der Waals surface area contributed by atoms with Gasteiger partial charge in [-0.2, -0.15) is 13.2 Å². The van der Waals surface area contributed by atoms with E-state index in [1.807, 2.05) is 30.3 Å². The SMILES string of the molecule is O=C(CC1CCN(c2ccccc2)CC1)OC(=O)C(F)(F)F. The topological polar surface area (TPSA) is 46.6 Å². The molecule has 1 aromatic carbocycles. The normalized spacial score (nSPS) is 16.4. The zero-order chi connectivity index (χ0) is 16.2. The highest BCUT2D eigenvalue weighted by Gasteiger charge is 2.42. The molecule has 22 heavy (non-hydrogen) atoms. The third-order valence-electron chi connectivity index (χ3n) is 3.63. The van der Waals surface area contributed by atoms with E-state index in [0.29, 0.717) is 12.8 Å². The van der Waals surface area contributed by atoms with Crippen molar-refractivity contribution in [2.75, 3.05) is 18.0 Å². The zero-order valence-corrected chi connectivity index (χ0v) is 11.8. The molecule has 0 N–H and O–H groups in total. The third kappa shape index (κ3) is 4.47. The Kier molecular flexibility index (Phi) is 5.05. The Morgan fingerprint density at radius 1 is 1.14 bits per heavy atom. The maximum Gasteiger partial charge on any atom is 0.491 e. The van der Waals surface area contributed by atoms with Crippen molar-refractivity contribution in [3.63, 3.8) is 0 Å². The number of esters is 2. The van der Waals surface area contributed by atoms with Crippen molar-refractivity contribution in [1.29, 1.82) is 0 Å². The number of alkyl halides is 3. The summed E-state index contributed by atoms with van der Waals surface area (Å²) in [6.07, 6.45) is -3.95. The molecule has 1 aliphatic heterocycles. The Hall–Kier alpha value is -2.05. The summed E-state index contributed by atoms with van der Waals surface area (Å²) in [4.78, 5) is 24.1. The van der Waals surface area contributed by atoms with Crippen molar-refractivity contribution < 1.29 is 27.5 Å². The van der Waals surface area contributed by atoms with E-state index in [4.69, 9.17) is 0 Å². The molecule has 120 valence electrons. The molecule has 0 radical (unpaired) electrons. The van der Waals surface area contributed by atoms with Crippen LogP contribution in [0.4, 0.5) is 18.9 Å². The monoisotopic (exact) mass is 315 g/mol. The molecule has 0 aliphatic carbocycles. The van der Waals surface area contributed by atoms with Gasteiger partial charge < -0.3 is 9.64 Å². The second-order valence-electron chi connectivity index (χ2n) is 5.23. The quantitative estimate of drug-likeness (QED) is 0.635. The van der Waals surface area contributed by atoms with E-state index in [9.17, 15) is 22.8 Å². The second-order valence-corrected chi connectivity index (χ2v) is 5.23. The first-order valence-corrected chi connectivity index (χ1v) is 6.98. The van der Waals surface area contributed by atoms with Gasteiger partial charge in [0.1, 0.15) is 0 Å². The standard InChI is InChI=1S/C15H16F3NO3/c16-15(17,18)14(21)22-13(20)10-11-6-8-19(9-7-11)12-4-2-1-3-5-12/h1-5,11H,6-10H2. The van der Waals surface area contributed by atoms with Gasteiger partial charge in [-0.1, -0.05) is 18.2 Å². The van der Waals surface area contributed by atoms with Crippen LogP contribution in [0.25, 0.3) is 0 Å². The highest BCUT2D eigenvalue weighted by molar-refractivity contribution is 5.88. The van der Waals surface area contributed by atoms with Crippen molar-refractivity contribution in [2.45, 2.75) is 25.4 Å². The second kappa shape index (κ2) is 6.81. The Balaban J connectivity index is 1.78. The van der Waals surface area contributed by atoms with E-state index in [1.165, 1.54) is 0 Å². The van der Waals surface area contributed by atoms with Gasteiger partial charge in [-0.3, -0.25) is 4.79 Å². The summed E-state index contributed by atoms with van der Waals surface area (Å²) in [5, 5.41) is 0. The lowest BCUT2D eigenvalue weighted by Crippen LogP contribution is -2.35. The molecule has 0 spiro atoms. The van der Waals surface area contributed by atoms with Crippen molar-refractivity contribution in [3.05, 3.63) is 30.3 Å². The summed E-state index contributed by atoms with van der Waals surface area (Å²) in [7, 11) is 0. The fourth-order valence-electron chi connectivity index (χ4n) is 2.47. The zero-order valence-electron chi connectivity index (χ0n) is 11.8. The molecule has 0 unspecified atom stereocenters. The number of ether oxygens (including phenoxy) is 1. The Morgan fingerprint density at radius 3 is 2.27 bits per heavy atom. The average Bonchev–Trinajstić information content (AvgIpc) is 2.48. The lowest BCUT2D eigenvalue weighted by molar-refractivity contribution is -0.202. The molecule has 0 atom stereocenters. The predicted molar refractivity (Wildman–Crippen MR) is 73.2 cm³/mol. The van der Waals surface area contributed by atoms with Crippen LogP contribution in [0.5, 0.6) is 0 Å². The van der Waals surface area contributed by atoms with E-state index in [2.05, 4.69) is 9.64 Å². The lowest BCUT2D eigenvalue weighted by atomic mass is 9.93. The maximum atomic E-state index is 12.0. The van der Waals surface area contributed by atoms with Crippen molar-refractivity contribution in [1.82, 2.24) is 0 Å². The minimum atomic E-state index is -5.13. The highest BCUT2D eigenvalue weighted by Crippen LogP contribution is 2.26. The van der Waals surface area contributed by atoms with Crippen LogP contribution in [-0.2, 0) is 14.3 Å². The third-order valence-corrected chi connectivity index (χ3v) is 3.63. The van der Waals surface area contributed by atoms with Gasteiger partial charge in [0.25, 0.3) is 0 Å². The molecule has 7 heteroatoms. The number of rotatable bonds is 3. The number of para-hydroxylation sites is 1. The van der Waals surface area contributed by atoms with Gasteiger partial charge >= 0.3 is 18.1 Å². The number of piperidine rings is 1. The maximum absolute atomic E-state index is 12.0. The van der Waals surface area contributed by atoms with E-state index in [1.54, 1.807) is 0 Å². The van der Waals surface area contributed by atoms with E-state index in [0.717, 1.165) is 18.8 Å². The largest absolute Gasteiger partial charge is 0.491 e. The number of hydrogen-bond acceptors (Lipinski definition) is 4. The van der Waals surface area contributed by atoms with Gasteiger partial charge in [0.05, 0.1) is 0 Å². The lowest BCUT2D eigenvalue weighted by Gasteiger charge is -2.33. The molecule has 1 saturated heterocycles. The molecule has 2 rings (SSSR count). The van der Waals surface area contributed by atoms with Crippen molar-refractivity contribution >= 4 is 17.6 Å². The predicted octanol–water partition coefficient (Wildman–Crippen LogP) is 2.93. The Morgan fingerprint density at radius 2 is 1.73 bits per heavy atom. The molecule has 1 aliphatic rings. The van der Waals surface area contributed by atoms with E-state index in [-0.39, 0.29) is 12.3 Å². The summed E-state index contributed by atoms with van der Waals surface area (Å²) in [5.74, 6) is -3.62. The summed E-state index contributed by atoms with van der Waals surface area (Å²) in [5.41, 5.74) is 1.08. The van der Waals surface area contributed by atoms with Crippen LogP contribution in [0.3, 0.4) is 0 Å². The first kappa shape index (κ1) is 16.3. The molecule has 1 heterocycles. The smallest absolute Gasteiger partial charge is 0.386 e. The first-order chi connectivity index (χ1) is 10.4.